The summed E-state index contributed by atoms with van der Waals surface area (Å²) in [5, 5.41) is 10.1. The molecule has 0 spiro atoms. The van der Waals surface area contributed by atoms with Crippen molar-refractivity contribution in [1.29, 1.82) is 5.41 Å². The van der Waals surface area contributed by atoms with Gasteiger partial charge in [0.1, 0.15) is 6.04 Å². The van der Waals surface area contributed by atoms with E-state index in [4.69, 9.17) is 5.41 Å². The van der Waals surface area contributed by atoms with Crippen LogP contribution in [0.25, 0.3) is 0 Å². The molecule has 1 saturated heterocycles. The number of nitrogens with zero attached hydrogens (tertiary/aromatic N) is 1. The van der Waals surface area contributed by atoms with Gasteiger partial charge in [0.05, 0.1) is 12.4 Å². The molecule has 0 aromatic carbocycles. The summed E-state index contributed by atoms with van der Waals surface area (Å²) in [4.78, 5) is 24.3. The van der Waals surface area contributed by atoms with E-state index in [-0.39, 0.29) is 24.4 Å². The van der Waals surface area contributed by atoms with Gasteiger partial charge in [-0.2, -0.15) is 0 Å². The maximum Gasteiger partial charge on any atom is 0.249 e. The third kappa shape index (κ3) is 2.55. The molecule has 84 valence electrons. The van der Waals surface area contributed by atoms with E-state index in [1.807, 2.05) is 13.8 Å². The summed E-state index contributed by atoms with van der Waals surface area (Å²) in [5.41, 5.74) is 0. The van der Waals surface area contributed by atoms with Crippen molar-refractivity contribution < 1.29 is 9.59 Å². The van der Waals surface area contributed by atoms with Gasteiger partial charge < -0.3 is 4.90 Å². The van der Waals surface area contributed by atoms with Crippen LogP contribution in [0.2, 0.25) is 0 Å². The van der Waals surface area contributed by atoms with Crippen molar-refractivity contribution in [3.05, 3.63) is 0 Å². The van der Waals surface area contributed by atoms with Crippen molar-refractivity contribution >= 4 is 17.6 Å². The summed E-state index contributed by atoms with van der Waals surface area (Å²) in [7, 11) is 0. The smallest absolute Gasteiger partial charge is 0.249 e. The van der Waals surface area contributed by atoms with Crippen molar-refractivity contribution in [3.63, 3.8) is 0 Å². The first-order valence-electron chi connectivity index (χ1n) is 5.27. The van der Waals surface area contributed by atoms with E-state index in [1.54, 1.807) is 4.90 Å². The zero-order chi connectivity index (χ0) is 11.4. The molecule has 0 saturated carbocycles. The minimum absolute atomic E-state index is 0.128. The topological polar surface area (TPSA) is 73.3 Å². The van der Waals surface area contributed by atoms with Gasteiger partial charge in [0.2, 0.25) is 11.8 Å². The van der Waals surface area contributed by atoms with Gasteiger partial charge in [-0.1, -0.05) is 13.8 Å². The molecular formula is C10H17N3O2. The van der Waals surface area contributed by atoms with Crippen molar-refractivity contribution in [2.75, 3.05) is 6.54 Å². The Morgan fingerprint density at radius 3 is 2.73 bits per heavy atom. The lowest BCUT2D eigenvalue weighted by molar-refractivity contribution is -0.137. The number of amides is 2. The highest BCUT2D eigenvalue weighted by Crippen LogP contribution is 2.11. The molecule has 5 nitrogen and oxygen atoms in total. The third-order valence-corrected chi connectivity index (χ3v) is 2.48. The minimum atomic E-state index is -0.359. The number of amidine groups is 1. The van der Waals surface area contributed by atoms with Crippen molar-refractivity contribution in [3.8, 4) is 0 Å². The lowest BCUT2D eigenvalue weighted by Crippen LogP contribution is -2.59. The van der Waals surface area contributed by atoms with Gasteiger partial charge in [0, 0.05) is 6.42 Å². The van der Waals surface area contributed by atoms with Crippen LogP contribution >= 0.6 is 0 Å². The number of carbonyl (C=O) groups is 2. The van der Waals surface area contributed by atoms with E-state index in [1.165, 1.54) is 0 Å². The maximum atomic E-state index is 11.5. The van der Waals surface area contributed by atoms with E-state index in [2.05, 4.69) is 5.32 Å². The molecule has 0 aliphatic carbocycles. The van der Waals surface area contributed by atoms with Crippen molar-refractivity contribution in [2.24, 2.45) is 0 Å². The number of nitrogens with one attached hydrogen (secondary N) is 2. The SMILES string of the molecule is CCCC(=N)N1CC(=O)NC(=O)C1CC. The Labute approximate surface area is 89.3 Å². The molecule has 0 radical (unpaired) electrons. The van der Waals surface area contributed by atoms with E-state index in [9.17, 15) is 9.59 Å². The molecule has 1 unspecified atom stereocenters. The molecular weight excluding hydrogens is 194 g/mol. The lowest BCUT2D eigenvalue weighted by atomic mass is 10.1. The van der Waals surface area contributed by atoms with E-state index >= 15 is 0 Å². The number of rotatable bonds is 3. The Morgan fingerprint density at radius 1 is 1.53 bits per heavy atom. The fraction of sp³-hybridized carbons (Fsp3) is 0.700. The Bertz CT molecular complexity index is 288. The average molecular weight is 211 g/mol. The second-order valence-corrected chi connectivity index (χ2v) is 3.66. The molecule has 15 heavy (non-hydrogen) atoms. The van der Waals surface area contributed by atoms with Gasteiger partial charge in [0.15, 0.2) is 0 Å². The van der Waals surface area contributed by atoms with Gasteiger partial charge in [-0.05, 0) is 12.8 Å². The van der Waals surface area contributed by atoms with Gasteiger partial charge in [-0.25, -0.2) is 0 Å². The highest BCUT2D eigenvalue weighted by molar-refractivity contribution is 6.04. The van der Waals surface area contributed by atoms with Crippen LogP contribution in [0.4, 0.5) is 0 Å². The van der Waals surface area contributed by atoms with Gasteiger partial charge in [-0.3, -0.25) is 20.3 Å². The average Bonchev–Trinajstić information content (AvgIpc) is 2.17. The predicted octanol–water partition coefficient (Wildman–Crippen LogP) is 0.501. The molecule has 1 fully saturated rings. The second-order valence-electron chi connectivity index (χ2n) is 3.66. The summed E-state index contributed by atoms with van der Waals surface area (Å²) in [6, 6.07) is -0.359. The van der Waals surface area contributed by atoms with Gasteiger partial charge >= 0.3 is 0 Å². The number of hydrogen-bond acceptors (Lipinski definition) is 3. The van der Waals surface area contributed by atoms with Crippen molar-refractivity contribution in [2.45, 2.75) is 39.2 Å². The van der Waals surface area contributed by atoms with Crippen LogP contribution in [0.1, 0.15) is 33.1 Å². The second kappa shape index (κ2) is 4.91. The first kappa shape index (κ1) is 11.7. The zero-order valence-corrected chi connectivity index (χ0v) is 9.17. The van der Waals surface area contributed by atoms with Crippen LogP contribution in [0.3, 0.4) is 0 Å². The van der Waals surface area contributed by atoms with Crippen molar-refractivity contribution in [1.82, 2.24) is 10.2 Å². The summed E-state index contributed by atoms with van der Waals surface area (Å²) in [6.45, 7) is 3.98. The van der Waals surface area contributed by atoms with E-state index < -0.39 is 0 Å². The largest absolute Gasteiger partial charge is 0.339 e. The molecule has 2 amide bonds. The molecule has 1 atom stereocenters. The van der Waals surface area contributed by atoms with Crippen LogP contribution in [0.5, 0.6) is 0 Å². The zero-order valence-electron chi connectivity index (χ0n) is 9.17. The number of imide groups is 1. The third-order valence-electron chi connectivity index (χ3n) is 2.48. The molecule has 1 heterocycles. The van der Waals surface area contributed by atoms with Crippen LogP contribution in [0.15, 0.2) is 0 Å². The monoisotopic (exact) mass is 211 g/mol. The lowest BCUT2D eigenvalue weighted by Gasteiger charge is -2.35. The molecule has 2 N–H and O–H groups in total. The van der Waals surface area contributed by atoms with Gasteiger partial charge in [0.25, 0.3) is 0 Å². The Balaban J connectivity index is 2.77. The van der Waals surface area contributed by atoms with Crippen LogP contribution in [0, 0.1) is 5.41 Å². The molecule has 5 heteroatoms. The number of hydrogen-bond donors (Lipinski definition) is 2. The van der Waals surface area contributed by atoms with Crippen LogP contribution in [-0.4, -0.2) is 35.1 Å². The molecule has 0 bridgehead atoms. The normalized spacial score (nSPS) is 21.5. The van der Waals surface area contributed by atoms with Gasteiger partial charge in [-0.15, -0.1) is 0 Å². The number of piperazine rings is 1. The van der Waals surface area contributed by atoms with Crippen LogP contribution < -0.4 is 5.32 Å². The molecule has 1 rings (SSSR count). The quantitative estimate of drug-likeness (QED) is 0.405. The Kier molecular flexibility index (Phi) is 3.82. The summed E-state index contributed by atoms with van der Waals surface area (Å²) < 4.78 is 0. The van der Waals surface area contributed by atoms with E-state index in [0.29, 0.717) is 18.7 Å². The highest BCUT2D eigenvalue weighted by atomic mass is 16.2. The first-order valence-corrected chi connectivity index (χ1v) is 5.27. The minimum Gasteiger partial charge on any atom is -0.339 e. The summed E-state index contributed by atoms with van der Waals surface area (Å²) >= 11 is 0. The Morgan fingerprint density at radius 2 is 2.20 bits per heavy atom. The number of carbonyl (C=O) groups excluding carboxylic acids is 2. The molecule has 1 aliphatic rings. The van der Waals surface area contributed by atoms with E-state index in [0.717, 1.165) is 6.42 Å². The molecule has 0 aromatic heterocycles. The first-order chi connectivity index (χ1) is 7.10. The fourth-order valence-electron chi connectivity index (χ4n) is 1.74. The highest BCUT2D eigenvalue weighted by Gasteiger charge is 2.33. The summed E-state index contributed by atoms with van der Waals surface area (Å²) in [5.74, 6) is -0.215. The standard InChI is InChI=1S/C10H17N3O2/c1-3-5-8(11)13-6-9(14)12-10(15)7(13)4-2/h7,11H,3-6H2,1-2H3,(H,12,14,15). The maximum absolute atomic E-state index is 11.5. The summed E-state index contributed by atoms with van der Waals surface area (Å²) in [6.07, 6.45) is 2.07. The molecule has 1 aliphatic heterocycles. The molecule has 0 aromatic rings. The predicted molar refractivity (Wildman–Crippen MR) is 56.6 cm³/mol. The van der Waals surface area contributed by atoms with Crippen LogP contribution in [-0.2, 0) is 9.59 Å². The fourth-order valence-corrected chi connectivity index (χ4v) is 1.74. The Hall–Kier alpha value is -1.39.